The molecule has 0 N–H and O–H groups in total. The van der Waals surface area contributed by atoms with Crippen LogP contribution in [-0.4, -0.2) is 17.9 Å². The Morgan fingerprint density at radius 1 is 0.903 bits per heavy atom. The first-order chi connectivity index (χ1) is 15.1. The Morgan fingerprint density at radius 3 is 2.19 bits per heavy atom. The van der Waals surface area contributed by atoms with E-state index in [2.05, 4.69) is 0 Å². The van der Waals surface area contributed by atoms with E-state index in [0.29, 0.717) is 6.42 Å². The molecule has 0 spiro atoms. The van der Waals surface area contributed by atoms with Gasteiger partial charge in [-0.2, -0.15) is 0 Å². The van der Waals surface area contributed by atoms with Crippen LogP contribution in [-0.2, 0) is 9.59 Å². The first-order valence-corrected chi connectivity index (χ1v) is 10.6. The van der Waals surface area contributed by atoms with E-state index in [1.54, 1.807) is 13.0 Å². The number of anilines is 2. The minimum absolute atomic E-state index is 0.0121. The highest BCUT2D eigenvalue weighted by molar-refractivity contribution is 6.05. The molecule has 0 aromatic heterocycles. The normalized spacial score (nSPS) is 17.9. The monoisotopic (exact) mass is 410 g/mol. The number of fused-ring (bicyclic) bond motifs is 1. The van der Waals surface area contributed by atoms with Gasteiger partial charge in [0.15, 0.2) is 0 Å². The van der Waals surface area contributed by atoms with E-state index >= 15 is 0 Å². The van der Waals surface area contributed by atoms with Crippen LogP contribution in [0.5, 0.6) is 0 Å². The third-order valence-corrected chi connectivity index (χ3v) is 5.70. The van der Waals surface area contributed by atoms with Crippen LogP contribution in [0.1, 0.15) is 37.4 Å². The molecule has 0 bridgehead atoms. The highest BCUT2D eigenvalue weighted by Gasteiger charge is 2.37. The molecule has 0 saturated heterocycles. The van der Waals surface area contributed by atoms with Gasteiger partial charge in [-0.25, -0.2) is 0 Å². The number of rotatable bonds is 4. The fourth-order valence-electron chi connectivity index (χ4n) is 4.34. The van der Waals surface area contributed by atoms with Gasteiger partial charge < -0.3 is 9.80 Å². The Morgan fingerprint density at radius 2 is 1.52 bits per heavy atom. The van der Waals surface area contributed by atoms with Crippen LogP contribution in [0.15, 0.2) is 91.0 Å². The fourth-order valence-corrected chi connectivity index (χ4v) is 4.34. The van der Waals surface area contributed by atoms with E-state index in [4.69, 9.17) is 0 Å². The molecule has 3 aromatic carbocycles. The van der Waals surface area contributed by atoms with Crippen LogP contribution >= 0.6 is 0 Å². The summed E-state index contributed by atoms with van der Waals surface area (Å²) < 4.78 is 0. The molecular weight excluding hydrogens is 384 g/mol. The lowest BCUT2D eigenvalue weighted by Crippen LogP contribution is -2.47. The maximum Gasteiger partial charge on any atom is 0.251 e. The van der Waals surface area contributed by atoms with Crippen molar-refractivity contribution < 1.29 is 9.59 Å². The number of para-hydroxylation sites is 2. The van der Waals surface area contributed by atoms with Crippen molar-refractivity contribution >= 4 is 29.3 Å². The molecule has 0 radical (unpaired) electrons. The van der Waals surface area contributed by atoms with Gasteiger partial charge in [0, 0.05) is 30.4 Å². The molecule has 0 aliphatic carbocycles. The topological polar surface area (TPSA) is 40.6 Å². The van der Waals surface area contributed by atoms with Crippen LogP contribution in [0.2, 0.25) is 0 Å². The Bertz CT molecular complexity index is 1090. The predicted octanol–water partition coefficient (Wildman–Crippen LogP) is 5.62. The summed E-state index contributed by atoms with van der Waals surface area (Å²) in [5, 5.41) is 0. The van der Waals surface area contributed by atoms with Crippen molar-refractivity contribution in [2.75, 3.05) is 9.80 Å². The minimum atomic E-state index is -0.131. The lowest BCUT2D eigenvalue weighted by Gasteiger charge is -2.43. The van der Waals surface area contributed by atoms with Gasteiger partial charge in [0.1, 0.15) is 0 Å². The zero-order valence-electron chi connectivity index (χ0n) is 17.8. The summed E-state index contributed by atoms with van der Waals surface area (Å²) in [6.45, 7) is 3.64. The van der Waals surface area contributed by atoms with Crippen LogP contribution in [0.25, 0.3) is 6.08 Å². The van der Waals surface area contributed by atoms with Gasteiger partial charge in [-0.15, -0.1) is 0 Å². The second-order valence-electron chi connectivity index (χ2n) is 7.84. The molecule has 1 aliphatic rings. The largest absolute Gasteiger partial charge is 0.306 e. The SMILES string of the molecule is CC(=O)N(c1ccccc1)[C@H]1C[C@@H](C)N(C(=O)/C=C/c2ccccc2)c2ccccc21. The van der Waals surface area contributed by atoms with Gasteiger partial charge in [-0.1, -0.05) is 66.7 Å². The van der Waals surface area contributed by atoms with Crippen LogP contribution in [0, 0.1) is 0 Å². The number of nitrogens with zero attached hydrogens (tertiary/aromatic N) is 2. The molecular formula is C27H26N2O2. The summed E-state index contributed by atoms with van der Waals surface area (Å²) in [7, 11) is 0. The maximum absolute atomic E-state index is 13.2. The van der Waals surface area contributed by atoms with E-state index in [-0.39, 0.29) is 23.9 Å². The van der Waals surface area contributed by atoms with Gasteiger partial charge in [-0.05, 0) is 48.7 Å². The van der Waals surface area contributed by atoms with Crippen LogP contribution < -0.4 is 9.80 Å². The zero-order chi connectivity index (χ0) is 21.8. The third kappa shape index (κ3) is 4.29. The van der Waals surface area contributed by atoms with E-state index in [1.165, 1.54) is 0 Å². The Kier molecular flexibility index (Phi) is 5.99. The molecule has 156 valence electrons. The Balaban J connectivity index is 1.70. The van der Waals surface area contributed by atoms with Gasteiger partial charge in [-0.3, -0.25) is 9.59 Å². The van der Waals surface area contributed by atoms with E-state index in [1.807, 2.05) is 108 Å². The maximum atomic E-state index is 13.2. The molecule has 4 rings (SSSR count). The number of hydrogen-bond donors (Lipinski definition) is 0. The van der Waals surface area contributed by atoms with Crippen molar-refractivity contribution in [3.8, 4) is 0 Å². The molecule has 4 nitrogen and oxygen atoms in total. The molecule has 1 aliphatic heterocycles. The standard InChI is InChI=1S/C27H26N2O2/c1-20-19-26(29(21(2)30)23-13-7-4-8-14-23)24-15-9-10-16-25(24)28(20)27(31)18-17-22-11-5-3-6-12-22/h3-18,20,26H,19H2,1-2H3/b18-17+/t20-,26+/m1/s1. The molecule has 31 heavy (non-hydrogen) atoms. The van der Waals surface area contributed by atoms with Crippen molar-refractivity contribution in [2.45, 2.75) is 32.4 Å². The van der Waals surface area contributed by atoms with E-state index < -0.39 is 0 Å². The van der Waals surface area contributed by atoms with Gasteiger partial charge in [0.25, 0.3) is 5.91 Å². The minimum Gasteiger partial charge on any atom is -0.306 e. The van der Waals surface area contributed by atoms with E-state index in [0.717, 1.165) is 22.5 Å². The van der Waals surface area contributed by atoms with E-state index in [9.17, 15) is 9.59 Å². The van der Waals surface area contributed by atoms with Crippen molar-refractivity contribution in [1.82, 2.24) is 0 Å². The first kappa shape index (κ1) is 20.6. The number of carbonyl (C=O) groups is 2. The summed E-state index contributed by atoms with van der Waals surface area (Å²) in [5.74, 6) is -0.0710. The summed E-state index contributed by atoms with van der Waals surface area (Å²) in [4.78, 5) is 29.5. The number of carbonyl (C=O) groups excluding carboxylic acids is 2. The quantitative estimate of drug-likeness (QED) is 0.524. The molecule has 0 fully saturated rings. The second kappa shape index (κ2) is 9.00. The molecule has 0 unspecified atom stereocenters. The Hall–Kier alpha value is -3.66. The smallest absolute Gasteiger partial charge is 0.251 e. The molecule has 0 saturated carbocycles. The van der Waals surface area contributed by atoms with Gasteiger partial charge in [0.05, 0.1) is 6.04 Å². The van der Waals surface area contributed by atoms with Crippen LogP contribution in [0.4, 0.5) is 11.4 Å². The van der Waals surface area contributed by atoms with Gasteiger partial charge in [0.2, 0.25) is 5.91 Å². The molecule has 3 aromatic rings. The van der Waals surface area contributed by atoms with Gasteiger partial charge >= 0.3 is 0 Å². The molecule has 1 heterocycles. The molecule has 2 atom stereocenters. The third-order valence-electron chi connectivity index (χ3n) is 5.70. The molecule has 2 amide bonds. The molecule has 4 heteroatoms. The summed E-state index contributed by atoms with van der Waals surface area (Å²) in [6, 6.07) is 27.2. The zero-order valence-corrected chi connectivity index (χ0v) is 17.8. The van der Waals surface area contributed by atoms with Crippen molar-refractivity contribution in [2.24, 2.45) is 0 Å². The van der Waals surface area contributed by atoms with Crippen molar-refractivity contribution in [1.29, 1.82) is 0 Å². The number of hydrogen-bond acceptors (Lipinski definition) is 2. The first-order valence-electron chi connectivity index (χ1n) is 10.6. The second-order valence-corrected chi connectivity index (χ2v) is 7.84. The lowest BCUT2D eigenvalue weighted by molar-refractivity contribution is -0.117. The number of benzene rings is 3. The van der Waals surface area contributed by atoms with Crippen LogP contribution in [0.3, 0.4) is 0 Å². The average Bonchev–Trinajstić information content (AvgIpc) is 2.79. The van der Waals surface area contributed by atoms with Crippen molar-refractivity contribution in [3.63, 3.8) is 0 Å². The predicted molar refractivity (Wildman–Crippen MR) is 126 cm³/mol. The lowest BCUT2D eigenvalue weighted by atomic mass is 9.89. The summed E-state index contributed by atoms with van der Waals surface area (Å²) >= 11 is 0. The highest BCUT2D eigenvalue weighted by atomic mass is 16.2. The highest BCUT2D eigenvalue weighted by Crippen LogP contribution is 2.42. The summed E-state index contributed by atoms with van der Waals surface area (Å²) in [6.07, 6.45) is 4.13. The van der Waals surface area contributed by atoms with Crippen molar-refractivity contribution in [3.05, 3.63) is 102 Å². The average molecular weight is 411 g/mol. The summed E-state index contributed by atoms with van der Waals surface area (Å²) in [5.41, 5.74) is 3.70. The Labute approximate surface area is 183 Å². The number of amides is 2. The fraction of sp³-hybridized carbons (Fsp3) is 0.185.